The molecule has 0 spiro atoms. The first-order chi connectivity index (χ1) is 29.1. The van der Waals surface area contributed by atoms with Crippen LogP contribution in [-0.4, -0.2) is 46.1 Å². The van der Waals surface area contributed by atoms with Crippen molar-refractivity contribution in [3.05, 3.63) is 36.5 Å². The Bertz CT molecular complexity index is 916. The maximum absolute atomic E-state index is 12.5. The normalized spacial score (nSPS) is 13.6. The van der Waals surface area contributed by atoms with Gasteiger partial charge in [-0.3, -0.25) is 4.79 Å². The maximum atomic E-state index is 12.5. The highest BCUT2D eigenvalue weighted by Gasteiger charge is 2.22. The Morgan fingerprint density at radius 2 is 0.695 bits per heavy atom. The number of carbonyl (C=O) groups is 1. The van der Waals surface area contributed by atoms with Gasteiger partial charge in [0.05, 0.1) is 18.8 Å². The second kappa shape index (κ2) is 49.2. The van der Waals surface area contributed by atoms with Crippen LogP contribution in [0.15, 0.2) is 36.5 Å². The molecule has 0 aliphatic heterocycles. The summed E-state index contributed by atoms with van der Waals surface area (Å²) in [4.78, 5) is 12.5. The van der Waals surface area contributed by atoms with Crippen molar-refractivity contribution in [1.82, 2.24) is 5.32 Å². The number of hydrogen-bond donors (Lipinski definition) is 4. The van der Waals surface area contributed by atoms with Crippen LogP contribution in [0.4, 0.5) is 0 Å². The van der Waals surface area contributed by atoms with Gasteiger partial charge in [0.1, 0.15) is 6.10 Å². The molecule has 0 radical (unpaired) electrons. The van der Waals surface area contributed by atoms with Crippen molar-refractivity contribution in [3.8, 4) is 0 Å². The zero-order valence-corrected chi connectivity index (χ0v) is 39.6. The highest BCUT2D eigenvalue weighted by molar-refractivity contribution is 5.80. The third-order valence-electron chi connectivity index (χ3n) is 12.2. The van der Waals surface area contributed by atoms with Crippen LogP contribution in [0.1, 0.15) is 277 Å². The smallest absolute Gasteiger partial charge is 0.249 e. The van der Waals surface area contributed by atoms with E-state index in [1.54, 1.807) is 6.08 Å². The van der Waals surface area contributed by atoms with Gasteiger partial charge in [0.25, 0.3) is 0 Å². The quantitative estimate of drug-likeness (QED) is 0.0363. The molecular formula is C54H103NO4. The summed E-state index contributed by atoms with van der Waals surface area (Å²) in [5, 5.41) is 33.2. The Hall–Kier alpha value is -1.43. The van der Waals surface area contributed by atoms with Crippen molar-refractivity contribution in [2.24, 2.45) is 0 Å². The molecule has 1 amide bonds. The molecule has 0 bridgehead atoms. The summed E-state index contributed by atoms with van der Waals surface area (Å²) in [5.74, 6) is -0.513. The highest BCUT2D eigenvalue weighted by atomic mass is 16.3. The number of aliphatic hydroxyl groups is 3. The van der Waals surface area contributed by atoms with Gasteiger partial charge in [-0.05, 0) is 44.9 Å². The second-order valence-electron chi connectivity index (χ2n) is 18.1. The summed E-state index contributed by atoms with van der Waals surface area (Å²) in [5.41, 5.74) is 0. The van der Waals surface area contributed by atoms with Crippen molar-refractivity contribution in [2.45, 2.75) is 295 Å². The van der Waals surface area contributed by atoms with Crippen molar-refractivity contribution in [2.75, 3.05) is 6.61 Å². The van der Waals surface area contributed by atoms with E-state index >= 15 is 0 Å². The molecule has 4 N–H and O–H groups in total. The summed E-state index contributed by atoms with van der Waals surface area (Å²) in [6, 6.07) is -0.819. The van der Waals surface area contributed by atoms with Gasteiger partial charge in [-0.15, -0.1) is 0 Å². The Morgan fingerprint density at radius 3 is 1.03 bits per heavy atom. The van der Waals surface area contributed by atoms with E-state index in [4.69, 9.17) is 0 Å². The number of carbonyl (C=O) groups excluding carboxylic acids is 1. The van der Waals surface area contributed by atoms with Crippen LogP contribution in [0.2, 0.25) is 0 Å². The Kier molecular flexibility index (Phi) is 48.0. The van der Waals surface area contributed by atoms with Crippen LogP contribution < -0.4 is 5.32 Å². The summed E-state index contributed by atoms with van der Waals surface area (Å²) in [6.07, 6.45) is 63.5. The maximum Gasteiger partial charge on any atom is 0.249 e. The first kappa shape index (κ1) is 57.6. The average Bonchev–Trinajstić information content (AvgIpc) is 3.24. The number of amides is 1. The van der Waals surface area contributed by atoms with E-state index in [-0.39, 0.29) is 6.61 Å². The molecule has 0 aromatic heterocycles. The molecule has 5 nitrogen and oxygen atoms in total. The minimum absolute atomic E-state index is 0.379. The monoisotopic (exact) mass is 830 g/mol. The van der Waals surface area contributed by atoms with Crippen LogP contribution in [0.25, 0.3) is 0 Å². The topological polar surface area (TPSA) is 89.8 Å². The van der Waals surface area contributed by atoms with Gasteiger partial charge in [-0.2, -0.15) is 0 Å². The SMILES string of the molecule is CCCCCCCCCC/C=C/CC/C=C/CC/C=C/C(O)C(CO)NC(=O)C(O)CCCCCCCCCCCCCCCCCCCCCCCCCCCCC. The number of aliphatic hydroxyl groups excluding tert-OH is 3. The largest absolute Gasteiger partial charge is 0.394 e. The van der Waals surface area contributed by atoms with E-state index in [2.05, 4.69) is 43.5 Å². The summed E-state index contributed by atoms with van der Waals surface area (Å²) < 4.78 is 0. The lowest BCUT2D eigenvalue weighted by molar-refractivity contribution is -0.131. The molecule has 0 rings (SSSR count). The molecule has 0 aliphatic carbocycles. The van der Waals surface area contributed by atoms with E-state index in [0.29, 0.717) is 6.42 Å². The molecule has 0 heterocycles. The first-order valence-electron chi connectivity index (χ1n) is 26.3. The van der Waals surface area contributed by atoms with Gasteiger partial charge in [-0.25, -0.2) is 0 Å². The Labute approximate surface area is 368 Å². The second-order valence-corrected chi connectivity index (χ2v) is 18.1. The van der Waals surface area contributed by atoms with E-state index in [9.17, 15) is 20.1 Å². The number of allylic oxidation sites excluding steroid dienone is 5. The van der Waals surface area contributed by atoms with Crippen LogP contribution in [0.5, 0.6) is 0 Å². The molecule has 5 heteroatoms. The Balaban J connectivity index is 3.60. The fourth-order valence-corrected chi connectivity index (χ4v) is 8.10. The molecule has 0 fully saturated rings. The Morgan fingerprint density at radius 1 is 0.407 bits per heavy atom. The van der Waals surface area contributed by atoms with Crippen LogP contribution in [0.3, 0.4) is 0 Å². The molecule has 0 saturated heterocycles. The van der Waals surface area contributed by atoms with Crippen LogP contribution in [-0.2, 0) is 4.79 Å². The predicted octanol–water partition coefficient (Wildman–Crippen LogP) is 15.9. The molecule has 0 aromatic rings. The number of nitrogens with one attached hydrogen (secondary N) is 1. The fraction of sp³-hybridized carbons (Fsp3) is 0.870. The standard InChI is InChI=1S/C54H103NO4/c1-3-5-7-9-11-13-15-17-19-21-23-24-25-26-27-28-29-30-31-33-35-37-39-41-43-45-47-49-53(58)54(59)55-51(50-56)52(57)48-46-44-42-40-38-36-34-32-22-20-18-16-14-12-10-8-6-4-2/h22,32,38,40,46,48,51-53,56-58H,3-21,23-31,33-37,39,41-45,47,49-50H2,1-2H3,(H,55,59)/b32-22+,40-38+,48-46+. The van der Waals surface area contributed by atoms with Crippen molar-refractivity contribution in [1.29, 1.82) is 0 Å². The third-order valence-corrected chi connectivity index (χ3v) is 12.2. The van der Waals surface area contributed by atoms with Gasteiger partial charge in [0.2, 0.25) is 5.91 Å². The molecule has 3 unspecified atom stereocenters. The van der Waals surface area contributed by atoms with Crippen LogP contribution >= 0.6 is 0 Å². The summed E-state index contributed by atoms with van der Waals surface area (Å²) in [7, 11) is 0. The molecule has 0 aromatic carbocycles. The predicted molar refractivity (Wildman–Crippen MR) is 259 cm³/mol. The van der Waals surface area contributed by atoms with Gasteiger partial charge in [0, 0.05) is 0 Å². The van der Waals surface area contributed by atoms with Gasteiger partial charge in [0.15, 0.2) is 0 Å². The van der Waals surface area contributed by atoms with Gasteiger partial charge >= 0.3 is 0 Å². The van der Waals surface area contributed by atoms with Crippen molar-refractivity contribution >= 4 is 5.91 Å². The molecule has 3 atom stereocenters. The average molecular weight is 830 g/mol. The third kappa shape index (κ3) is 44.4. The van der Waals surface area contributed by atoms with E-state index < -0.39 is 24.2 Å². The first-order valence-corrected chi connectivity index (χ1v) is 26.3. The molecular weight excluding hydrogens is 727 g/mol. The number of unbranched alkanes of at least 4 members (excludes halogenated alkanes) is 36. The summed E-state index contributed by atoms with van der Waals surface area (Å²) >= 11 is 0. The lowest BCUT2D eigenvalue weighted by atomic mass is 10.0. The summed E-state index contributed by atoms with van der Waals surface area (Å²) in [6.45, 7) is 4.19. The number of rotatable bonds is 48. The fourth-order valence-electron chi connectivity index (χ4n) is 8.10. The zero-order valence-electron chi connectivity index (χ0n) is 39.6. The van der Waals surface area contributed by atoms with Gasteiger partial charge < -0.3 is 20.6 Å². The molecule has 348 valence electrons. The zero-order chi connectivity index (χ0) is 43.0. The molecule has 0 aliphatic rings. The van der Waals surface area contributed by atoms with E-state index in [1.165, 1.54) is 212 Å². The van der Waals surface area contributed by atoms with Crippen molar-refractivity contribution < 1.29 is 20.1 Å². The number of hydrogen-bond acceptors (Lipinski definition) is 4. The molecule has 59 heavy (non-hydrogen) atoms. The molecule has 0 saturated carbocycles. The minimum atomic E-state index is -1.11. The minimum Gasteiger partial charge on any atom is -0.394 e. The van der Waals surface area contributed by atoms with Gasteiger partial charge in [-0.1, -0.05) is 269 Å². The lowest BCUT2D eigenvalue weighted by Gasteiger charge is -2.21. The van der Waals surface area contributed by atoms with Crippen LogP contribution in [0, 0.1) is 0 Å². The van der Waals surface area contributed by atoms with E-state index in [1.807, 2.05) is 6.08 Å². The van der Waals surface area contributed by atoms with E-state index in [0.717, 1.165) is 44.9 Å². The highest BCUT2D eigenvalue weighted by Crippen LogP contribution is 2.17. The van der Waals surface area contributed by atoms with Crippen molar-refractivity contribution in [3.63, 3.8) is 0 Å². The lowest BCUT2D eigenvalue weighted by Crippen LogP contribution is -2.48.